The van der Waals surface area contributed by atoms with Gasteiger partial charge in [0.2, 0.25) is 0 Å². The van der Waals surface area contributed by atoms with E-state index in [0.717, 1.165) is 18.4 Å². The maximum absolute atomic E-state index is 13.9. The van der Waals surface area contributed by atoms with Crippen molar-refractivity contribution in [1.29, 1.82) is 0 Å². The van der Waals surface area contributed by atoms with Gasteiger partial charge in [0.1, 0.15) is 11.6 Å². The molecule has 0 spiro atoms. The van der Waals surface area contributed by atoms with E-state index in [1.165, 1.54) is 12.1 Å². The van der Waals surface area contributed by atoms with Crippen molar-refractivity contribution in [3.8, 4) is 0 Å². The van der Waals surface area contributed by atoms with E-state index in [4.69, 9.17) is 0 Å². The molecule has 3 rings (SSSR count). The molecular weight excluding hydrogens is 328 g/mol. The summed E-state index contributed by atoms with van der Waals surface area (Å²) in [5.74, 6) is -0.808. The molecule has 1 unspecified atom stereocenters. The van der Waals surface area contributed by atoms with Crippen LogP contribution < -0.4 is 0 Å². The maximum Gasteiger partial charge on any atom is 0.145 e. The Labute approximate surface area is 124 Å². The summed E-state index contributed by atoms with van der Waals surface area (Å²) in [4.78, 5) is 0. The number of nitrogens with zero attached hydrogens (tertiary/aromatic N) is 1. The standard InChI is InChI=1S/C15H14BrF2NO/c16-12-3-4-13(17)11(14(12)18)8-19-6-5-10(7-19)15(20)9-1-2-9/h3-7,9,15,20H,1-2,8H2. The number of aromatic nitrogens is 1. The molecule has 1 heterocycles. The fraction of sp³-hybridized carbons (Fsp3) is 0.333. The first kappa shape index (κ1) is 13.8. The highest BCUT2D eigenvalue weighted by atomic mass is 79.9. The lowest BCUT2D eigenvalue weighted by molar-refractivity contribution is 0.154. The SMILES string of the molecule is OC(c1ccn(Cc2c(F)ccc(Br)c2F)c1)C1CC1. The third-order valence-corrected chi connectivity index (χ3v) is 4.28. The molecule has 0 radical (unpaired) electrons. The molecule has 1 aliphatic rings. The molecule has 20 heavy (non-hydrogen) atoms. The molecule has 5 heteroatoms. The van der Waals surface area contributed by atoms with Gasteiger partial charge in [-0.05, 0) is 58.5 Å². The van der Waals surface area contributed by atoms with Crippen molar-refractivity contribution in [3.05, 3.63) is 57.8 Å². The number of benzene rings is 1. The predicted molar refractivity (Wildman–Crippen MR) is 75.3 cm³/mol. The second-order valence-electron chi connectivity index (χ2n) is 5.22. The molecule has 1 aromatic carbocycles. The highest BCUT2D eigenvalue weighted by Crippen LogP contribution is 2.40. The van der Waals surface area contributed by atoms with E-state index >= 15 is 0 Å². The maximum atomic E-state index is 13.9. The lowest BCUT2D eigenvalue weighted by Crippen LogP contribution is -2.04. The van der Waals surface area contributed by atoms with Gasteiger partial charge < -0.3 is 9.67 Å². The molecule has 1 atom stereocenters. The van der Waals surface area contributed by atoms with Crippen LogP contribution in [0.25, 0.3) is 0 Å². The molecule has 1 fully saturated rings. The van der Waals surface area contributed by atoms with E-state index in [0.29, 0.717) is 5.92 Å². The Morgan fingerprint density at radius 2 is 2.05 bits per heavy atom. The van der Waals surface area contributed by atoms with E-state index in [1.807, 2.05) is 0 Å². The Hall–Kier alpha value is -1.20. The minimum atomic E-state index is -0.581. The van der Waals surface area contributed by atoms with Crippen LogP contribution in [0.4, 0.5) is 8.78 Å². The highest BCUT2D eigenvalue weighted by molar-refractivity contribution is 9.10. The zero-order valence-electron chi connectivity index (χ0n) is 10.7. The Bertz CT molecular complexity index is 637. The monoisotopic (exact) mass is 341 g/mol. The summed E-state index contributed by atoms with van der Waals surface area (Å²) in [6.45, 7) is 0.106. The number of aliphatic hydroxyl groups is 1. The van der Waals surface area contributed by atoms with Crippen molar-refractivity contribution in [3.63, 3.8) is 0 Å². The number of hydrogen-bond acceptors (Lipinski definition) is 1. The number of rotatable bonds is 4. The van der Waals surface area contributed by atoms with Crippen LogP contribution in [0.1, 0.15) is 30.1 Å². The number of hydrogen-bond donors (Lipinski definition) is 1. The van der Waals surface area contributed by atoms with Crippen LogP contribution in [0, 0.1) is 17.6 Å². The quantitative estimate of drug-likeness (QED) is 0.835. The van der Waals surface area contributed by atoms with Crippen molar-refractivity contribution >= 4 is 15.9 Å². The van der Waals surface area contributed by atoms with Crippen LogP contribution in [0.15, 0.2) is 35.1 Å². The smallest absolute Gasteiger partial charge is 0.145 e. The molecule has 0 saturated heterocycles. The van der Waals surface area contributed by atoms with Crippen LogP contribution in [-0.2, 0) is 6.54 Å². The summed E-state index contributed by atoms with van der Waals surface area (Å²) >= 11 is 3.06. The van der Waals surface area contributed by atoms with Gasteiger partial charge in [-0.15, -0.1) is 0 Å². The van der Waals surface area contributed by atoms with Gasteiger partial charge in [0.05, 0.1) is 17.1 Å². The van der Waals surface area contributed by atoms with Gasteiger partial charge >= 0.3 is 0 Å². The van der Waals surface area contributed by atoms with Crippen LogP contribution >= 0.6 is 15.9 Å². The molecule has 1 saturated carbocycles. The van der Waals surface area contributed by atoms with E-state index in [-0.39, 0.29) is 16.6 Å². The van der Waals surface area contributed by atoms with Gasteiger partial charge in [-0.1, -0.05) is 0 Å². The van der Waals surface area contributed by atoms with Crippen molar-refractivity contribution in [2.75, 3.05) is 0 Å². The predicted octanol–water partition coefficient (Wildman–Crippen LogP) is 4.02. The topological polar surface area (TPSA) is 25.2 Å². The first-order chi connectivity index (χ1) is 9.56. The van der Waals surface area contributed by atoms with Crippen molar-refractivity contribution < 1.29 is 13.9 Å². The van der Waals surface area contributed by atoms with Gasteiger partial charge in [-0.25, -0.2) is 8.78 Å². The number of halogens is 3. The van der Waals surface area contributed by atoms with Gasteiger partial charge in [-0.3, -0.25) is 0 Å². The van der Waals surface area contributed by atoms with Gasteiger partial charge in [-0.2, -0.15) is 0 Å². The molecule has 1 aliphatic carbocycles. The van der Waals surface area contributed by atoms with Gasteiger partial charge in [0.25, 0.3) is 0 Å². The zero-order chi connectivity index (χ0) is 14.3. The van der Waals surface area contributed by atoms with Gasteiger partial charge in [0, 0.05) is 18.0 Å². The zero-order valence-corrected chi connectivity index (χ0v) is 12.3. The van der Waals surface area contributed by atoms with Crippen LogP contribution in [0.2, 0.25) is 0 Å². The Morgan fingerprint density at radius 3 is 2.75 bits per heavy atom. The second kappa shape index (κ2) is 5.30. The second-order valence-corrected chi connectivity index (χ2v) is 6.08. The lowest BCUT2D eigenvalue weighted by atomic mass is 10.1. The van der Waals surface area contributed by atoms with E-state index in [1.54, 1.807) is 23.0 Å². The first-order valence-corrected chi connectivity index (χ1v) is 7.31. The molecule has 1 N–H and O–H groups in total. The minimum absolute atomic E-state index is 0.0161. The fourth-order valence-electron chi connectivity index (χ4n) is 2.31. The molecule has 2 nitrogen and oxygen atoms in total. The Kier molecular flexibility index (Phi) is 3.65. The summed E-state index contributed by atoms with van der Waals surface area (Å²) in [5, 5.41) is 10.0. The van der Waals surface area contributed by atoms with Gasteiger partial charge in [0.15, 0.2) is 0 Å². The summed E-state index contributed by atoms with van der Waals surface area (Å²) in [6, 6.07) is 4.40. The van der Waals surface area contributed by atoms with Crippen LogP contribution in [0.3, 0.4) is 0 Å². The fourth-order valence-corrected chi connectivity index (χ4v) is 2.68. The van der Waals surface area contributed by atoms with Crippen molar-refractivity contribution in [2.24, 2.45) is 5.92 Å². The molecule has 2 aromatic rings. The molecule has 0 aliphatic heterocycles. The molecule has 106 valence electrons. The largest absolute Gasteiger partial charge is 0.388 e. The summed E-state index contributed by atoms with van der Waals surface area (Å²) in [7, 11) is 0. The number of aliphatic hydroxyl groups excluding tert-OH is 1. The molecular formula is C15H14BrF2NO. The summed E-state index contributed by atoms with van der Waals surface area (Å²) in [5.41, 5.74) is 0.825. The third kappa shape index (κ3) is 2.65. The Balaban J connectivity index is 1.83. The van der Waals surface area contributed by atoms with E-state index in [2.05, 4.69) is 15.9 Å². The highest BCUT2D eigenvalue weighted by Gasteiger charge is 2.31. The molecule has 0 amide bonds. The molecule has 1 aromatic heterocycles. The average molecular weight is 342 g/mol. The minimum Gasteiger partial charge on any atom is -0.388 e. The van der Waals surface area contributed by atoms with E-state index in [9.17, 15) is 13.9 Å². The van der Waals surface area contributed by atoms with E-state index < -0.39 is 17.7 Å². The van der Waals surface area contributed by atoms with Crippen LogP contribution in [-0.4, -0.2) is 9.67 Å². The molecule has 0 bridgehead atoms. The van der Waals surface area contributed by atoms with Crippen LogP contribution in [0.5, 0.6) is 0 Å². The van der Waals surface area contributed by atoms with Crippen molar-refractivity contribution in [1.82, 2.24) is 4.57 Å². The third-order valence-electron chi connectivity index (χ3n) is 3.66. The Morgan fingerprint density at radius 1 is 1.30 bits per heavy atom. The lowest BCUT2D eigenvalue weighted by Gasteiger charge is -2.09. The summed E-state index contributed by atoms with van der Waals surface area (Å²) < 4.78 is 29.5. The normalized spacial score (nSPS) is 16.4. The average Bonchev–Trinajstić information content (AvgIpc) is 3.18. The van der Waals surface area contributed by atoms with Crippen molar-refractivity contribution in [2.45, 2.75) is 25.5 Å². The first-order valence-electron chi connectivity index (χ1n) is 6.52. The summed E-state index contributed by atoms with van der Waals surface area (Å²) in [6.07, 6.45) is 5.11.